The Hall–Kier alpha value is -1.79. The number of ether oxygens (including phenoxy) is 1. The van der Waals surface area contributed by atoms with Gasteiger partial charge in [-0.25, -0.2) is 4.79 Å². The predicted octanol–water partition coefficient (Wildman–Crippen LogP) is 0.950. The zero-order valence-electron chi connectivity index (χ0n) is 9.64. The molecular weight excluding hydrogens is 260 g/mol. The minimum absolute atomic E-state index is 0.0107. The molecule has 7 heteroatoms. The normalized spacial score (nSPS) is 11.9. The van der Waals surface area contributed by atoms with Gasteiger partial charge in [0.15, 0.2) is 0 Å². The molecule has 6 nitrogen and oxygen atoms in total. The summed E-state index contributed by atoms with van der Waals surface area (Å²) in [5.74, 6) is -1.66. The van der Waals surface area contributed by atoms with Crippen molar-refractivity contribution in [3.05, 3.63) is 28.8 Å². The van der Waals surface area contributed by atoms with Crippen LogP contribution in [0, 0.1) is 0 Å². The molecule has 1 aromatic rings. The van der Waals surface area contributed by atoms with Crippen LogP contribution in [-0.4, -0.2) is 36.7 Å². The number of nitrogens with one attached hydrogen (secondary N) is 1. The Bertz CT molecular complexity index is 464. The van der Waals surface area contributed by atoms with Gasteiger partial charge in [-0.1, -0.05) is 11.6 Å². The number of primary amides is 1. The molecule has 1 amide bonds. The first-order valence-electron chi connectivity index (χ1n) is 5.03. The maximum Gasteiger partial charge on any atom is 0.328 e. The summed E-state index contributed by atoms with van der Waals surface area (Å²) >= 11 is 5.92. The van der Waals surface area contributed by atoms with Crippen molar-refractivity contribution >= 4 is 29.2 Å². The van der Waals surface area contributed by atoms with Gasteiger partial charge in [0.25, 0.3) is 0 Å². The van der Waals surface area contributed by atoms with Crippen molar-refractivity contribution in [3.8, 4) is 0 Å². The van der Waals surface area contributed by atoms with Crippen molar-refractivity contribution in [2.75, 3.05) is 19.0 Å². The molecule has 1 atom stereocenters. The van der Waals surface area contributed by atoms with Crippen molar-refractivity contribution in [1.29, 1.82) is 0 Å². The van der Waals surface area contributed by atoms with Crippen LogP contribution >= 0.6 is 11.6 Å². The van der Waals surface area contributed by atoms with Crippen LogP contribution in [0.15, 0.2) is 18.2 Å². The van der Waals surface area contributed by atoms with E-state index in [2.05, 4.69) is 5.32 Å². The lowest BCUT2D eigenvalue weighted by molar-refractivity contribution is -0.139. The zero-order valence-corrected chi connectivity index (χ0v) is 10.4. The lowest BCUT2D eigenvalue weighted by Gasteiger charge is -2.16. The number of hydrogen-bond acceptors (Lipinski definition) is 4. The highest BCUT2D eigenvalue weighted by Gasteiger charge is 2.18. The van der Waals surface area contributed by atoms with E-state index in [1.54, 1.807) is 0 Å². The first kappa shape index (κ1) is 14.3. The zero-order chi connectivity index (χ0) is 13.7. The Balaban J connectivity index is 2.90. The topological polar surface area (TPSA) is 102 Å². The number of carboxylic acid groups (broad SMARTS) is 1. The molecule has 98 valence electrons. The number of methoxy groups -OCH3 is 1. The van der Waals surface area contributed by atoms with Crippen molar-refractivity contribution < 1.29 is 19.4 Å². The molecule has 0 aliphatic heterocycles. The van der Waals surface area contributed by atoms with Crippen molar-refractivity contribution in [3.63, 3.8) is 0 Å². The van der Waals surface area contributed by atoms with Crippen LogP contribution in [0.4, 0.5) is 5.69 Å². The Morgan fingerprint density at radius 3 is 2.67 bits per heavy atom. The predicted molar refractivity (Wildman–Crippen MR) is 66.9 cm³/mol. The molecule has 0 saturated carbocycles. The van der Waals surface area contributed by atoms with Gasteiger partial charge in [-0.2, -0.15) is 0 Å². The molecule has 0 fully saturated rings. The number of rotatable bonds is 6. The standard InChI is InChI=1S/C11H13ClN2O4/c1-18-5-9(11(16)17)14-8-3-2-6(10(13)15)4-7(8)12/h2-4,9,14H,5H2,1H3,(H2,13,15)(H,16,17). The molecule has 1 unspecified atom stereocenters. The van der Waals surface area contributed by atoms with E-state index in [0.29, 0.717) is 5.69 Å². The molecule has 1 rings (SSSR count). The van der Waals surface area contributed by atoms with E-state index in [1.807, 2.05) is 0 Å². The summed E-state index contributed by atoms with van der Waals surface area (Å²) in [6.45, 7) is -0.0107. The van der Waals surface area contributed by atoms with E-state index in [4.69, 9.17) is 27.2 Å². The van der Waals surface area contributed by atoms with Crippen LogP contribution in [-0.2, 0) is 9.53 Å². The number of amides is 1. The molecule has 0 aliphatic carbocycles. The fraction of sp³-hybridized carbons (Fsp3) is 0.273. The third-order valence-electron chi connectivity index (χ3n) is 2.21. The van der Waals surface area contributed by atoms with Crippen LogP contribution in [0.25, 0.3) is 0 Å². The molecule has 4 N–H and O–H groups in total. The molecular formula is C11H13ClN2O4. The smallest absolute Gasteiger partial charge is 0.328 e. The highest BCUT2D eigenvalue weighted by Crippen LogP contribution is 2.23. The van der Waals surface area contributed by atoms with Crippen LogP contribution in [0.1, 0.15) is 10.4 Å². The maximum absolute atomic E-state index is 10.9. The van der Waals surface area contributed by atoms with Gasteiger partial charge < -0.3 is 20.9 Å². The number of aliphatic carboxylic acids is 1. The second-order valence-electron chi connectivity index (χ2n) is 3.55. The third-order valence-corrected chi connectivity index (χ3v) is 2.53. The third kappa shape index (κ3) is 3.61. The Morgan fingerprint density at radius 1 is 1.56 bits per heavy atom. The number of benzene rings is 1. The average Bonchev–Trinajstić information content (AvgIpc) is 2.30. The number of carbonyl (C=O) groups is 2. The monoisotopic (exact) mass is 272 g/mol. The number of carbonyl (C=O) groups excluding carboxylic acids is 1. The Kier molecular flexibility index (Phi) is 4.94. The fourth-order valence-electron chi connectivity index (χ4n) is 1.31. The van der Waals surface area contributed by atoms with E-state index in [9.17, 15) is 9.59 Å². The summed E-state index contributed by atoms with van der Waals surface area (Å²) in [5, 5.41) is 11.9. The average molecular weight is 273 g/mol. The number of anilines is 1. The number of carboxylic acids is 1. The van der Waals surface area contributed by atoms with Crippen LogP contribution in [0.5, 0.6) is 0 Å². The van der Waals surface area contributed by atoms with Gasteiger partial charge in [-0.05, 0) is 18.2 Å². The van der Waals surface area contributed by atoms with E-state index < -0.39 is 17.9 Å². The van der Waals surface area contributed by atoms with Crippen molar-refractivity contribution in [2.24, 2.45) is 5.73 Å². The van der Waals surface area contributed by atoms with Crippen molar-refractivity contribution in [1.82, 2.24) is 0 Å². The molecule has 0 saturated heterocycles. The number of hydrogen-bond donors (Lipinski definition) is 3. The maximum atomic E-state index is 10.9. The van der Waals surface area contributed by atoms with Gasteiger partial charge in [0.05, 0.1) is 17.3 Å². The minimum Gasteiger partial charge on any atom is -0.480 e. The molecule has 0 aromatic heterocycles. The SMILES string of the molecule is COCC(Nc1ccc(C(N)=O)cc1Cl)C(=O)O. The van der Waals surface area contributed by atoms with E-state index in [-0.39, 0.29) is 17.2 Å². The van der Waals surface area contributed by atoms with Gasteiger partial charge in [0.2, 0.25) is 5.91 Å². The van der Waals surface area contributed by atoms with Crippen LogP contribution in [0.3, 0.4) is 0 Å². The summed E-state index contributed by atoms with van der Waals surface area (Å²) in [6, 6.07) is 3.40. The van der Waals surface area contributed by atoms with Gasteiger partial charge in [0, 0.05) is 12.7 Å². The largest absolute Gasteiger partial charge is 0.480 e. The summed E-state index contributed by atoms with van der Waals surface area (Å²) in [7, 11) is 1.40. The molecule has 18 heavy (non-hydrogen) atoms. The van der Waals surface area contributed by atoms with Crippen LogP contribution < -0.4 is 11.1 Å². The summed E-state index contributed by atoms with van der Waals surface area (Å²) in [5.41, 5.74) is 5.75. The number of halogens is 1. The summed E-state index contributed by atoms with van der Waals surface area (Å²) in [4.78, 5) is 21.8. The van der Waals surface area contributed by atoms with E-state index >= 15 is 0 Å². The van der Waals surface area contributed by atoms with Gasteiger partial charge in [0.1, 0.15) is 6.04 Å². The molecule has 0 aliphatic rings. The number of nitrogens with two attached hydrogens (primary N) is 1. The highest BCUT2D eigenvalue weighted by molar-refractivity contribution is 6.33. The lowest BCUT2D eigenvalue weighted by Crippen LogP contribution is -2.33. The van der Waals surface area contributed by atoms with Crippen molar-refractivity contribution in [2.45, 2.75) is 6.04 Å². The molecule has 1 aromatic carbocycles. The summed E-state index contributed by atoms with van der Waals surface area (Å²) < 4.78 is 4.78. The van der Waals surface area contributed by atoms with Gasteiger partial charge >= 0.3 is 5.97 Å². The fourth-order valence-corrected chi connectivity index (χ4v) is 1.55. The lowest BCUT2D eigenvalue weighted by atomic mass is 10.2. The molecule has 0 heterocycles. The van der Waals surface area contributed by atoms with Gasteiger partial charge in [-0.3, -0.25) is 4.79 Å². The Morgan fingerprint density at radius 2 is 2.22 bits per heavy atom. The van der Waals surface area contributed by atoms with E-state index in [0.717, 1.165) is 0 Å². The molecule has 0 spiro atoms. The highest BCUT2D eigenvalue weighted by atomic mass is 35.5. The second-order valence-corrected chi connectivity index (χ2v) is 3.96. The van der Waals surface area contributed by atoms with Gasteiger partial charge in [-0.15, -0.1) is 0 Å². The molecule has 0 bridgehead atoms. The second kappa shape index (κ2) is 6.23. The van der Waals surface area contributed by atoms with Crippen LogP contribution in [0.2, 0.25) is 5.02 Å². The Labute approximate surface area is 109 Å². The summed E-state index contributed by atoms with van der Waals surface area (Å²) in [6.07, 6.45) is 0. The minimum atomic E-state index is -1.06. The quantitative estimate of drug-likeness (QED) is 0.716. The first-order chi connectivity index (χ1) is 8.45. The first-order valence-corrected chi connectivity index (χ1v) is 5.41. The molecule has 0 radical (unpaired) electrons. The van der Waals surface area contributed by atoms with E-state index in [1.165, 1.54) is 25.3 Å².